The first kappa shape index (κ1) is 18.6. The van der Waals surface area contributed by atoms with E-state index in [1.807, 2.05) is 12.1 Å². The van der Waals surface area contributed by atoms with E-state index in [2.05, 4.69) is 15.5 Å². The van der Waals surface area contributed by atoms with Crippen LogP contribution in [0.3, 0.4) is 0 Å². The fourth-order valence-corrected chi connectivity index (χ4v) is 3.12. The van der Waals surface area contributed by atoms with Crippen molar-refractivity contribution in [3.63, 3.8) is 0 Å². The number of carboxylic acids is 1. The number of hydrogen-bond acceptors (Lipinski definition) is 7. The van der Waals surface area contributed by atoms with Gasteiger partial charge >= 0.3 is 11.9 Å². The molecule has 1 aromatic heterocycles. The number of rotatable bonds is 7. The van der Waals surface area contributed by atoms with Crippen LogP contribution in [-0.2, 0) is 10.5 Å². The molecule has 0 aliphatic rings. The molecule has 0 bridgehead atoms. The van der Waals surface area contributed by atoms with Gasteiger partial charge in [-0.2, -0.15) is 4.68 Å². The summed E-state index contributed by atoms with van der Waals surface area (Å²) in [6.07, 6.45) is 0. The van der Waals surface area contributed by atoms with Crippen LogP contribution in [0.5, 0.6) is 0 Å². The summed E-state index contributed by atoms with van der Waals surface area (Å²) in [6, 6.07) is 13.5. The van der Waals surface area contributed by atoms with Crippen LogP contribution in [0.2, 0.25) is 0 Å². The Labute approximate surface area is 159 Å². The second kappa shape index (κ2) is 8.45. The van der Waals surface area contributed by atoms with Crippen molar-refractivity contribution >= 4 is 23.7 Å². The number of hydrogen-bond donors (Lipinski definition) is 1. The smallest absolute Gasteiger partial charge is 0.338 e. The maximum Gasteiger partial charge on any atom is 0.338 e. The molecule has 0 fully saturated rings. The Morgan fingerprint density at radius 2 is 1.74 bits per heavy atom. The Morgan fingerprint density at radius 1 is 1.07 bits per heavy atom. The molecule has 0 unspecified atom stereocenters. The molecule has 0 amide bonds. The van der Waals surface area contributed by atoms with Crippen LogP contribution in [-0.4, -0.2) is 43.9 Å². The van der Waals surface area contributed by atoms with Crippen LogP contribution < -0.4 is 0 Å². The zero-order chi connectivity index (χ0) is 19.2. The molecule has 1 N–H and O–H groups in total. The molecule has 8 nitrogen and oxygen atoms in total. The summed E-state index contributed by atoms with van der Waals surface area (Å²) in [5.41, 5.74) is 2.38. The summed E-state index contributed by atoms with van der Waals surface area (Å²) in [7, 11) is 0. The summed E-state index contributed by atoms with van der Waals surface area (Å²) in [6.45, 7) is 2.11. The third-order valence-electron chi connectivity index (χ3n) is 3.63. The molecule has 1 heterocycles. The van der Waals surface area contributed by atoms with Crippen LogP contribution in [0.25, 0.3) is 5.69 Å². The largest absolute Gasteiger partial charge is 0.478 e. The van der Waals surface area contributed by atoms with Crippen molar-refractivity contribution < 1.29 is 19.4 Å². The molecule has 0 radical (unpaired) electrons. The lowest BCUT2D eigenvalue weighted by Crippen LogP contribution is -2.04. The lowest BCUT2D eigenvalue weighted by atomic mass is 10.1. The third-order valence-corrected chi connectivity index (χ3v) is 4.62. The molecule has 0 aliphatic carbocycles. The highest BCUT2D eigenvalue weighted by atomic mass is 32.2. The van der Waals surface area contributed by atoms with Gasteiger partial charge in [0, 0.05) is 5.75 Å². The molecule has 0 spiro atoms. The standard InChI is InChI=1S/C18H16N4O4S/c1-2-26-17(25)14-5-3-12(4-6-14)11-27-18-19-20-21-22(18)15-9-7-13(8-10-15)16(23)24/h3-10H,2,11H2,1H3,(H,23,24). The van der Waals surface area contributed by atoms with Gasteiger partial charge in [0.05, 0.1) is 23.4 Å². The average Bonchev–Trinajstić information content (AvgIpc) is 3.15. The molecule has 138 valence electrons. The van der Waals surface area contributed by atoms with Crippen molar-refractivity contribution in [1.82, 2.24) is 20.2 Å². The summed E-state index contributed by atoms with van der Waals surface area (Å²) in [5, 5.41) is 21.2. The number of ether oxygens (including phenoxy) is 1. The summed E-state index contributed by atoms with van der Waals surface area (Å²) < 4.78 is 6.51. The normalized spacial score (nSPS) is 10.6. The van der Waals surface area contributed by atoms with Gasteiger partial charge in [0.1, 0.15) is 0 Å². The zero-order valence-corrected chi connectivity index (χ0v) is 15.2. The van der Waals surface area contributed by atoms with Gasteiger partial charge < -0.3 is 9.84 Å². The summed E-state index contributed by atoms with van der Waals surface area (Å²) in [4.78, 5) is 22.6. The maximum atomic E-state index is 11.7. The quantitative estimate of drug-likeness (QED) is 0.489. The van der Waals surface area contributed by atoms with Gasteiger partial charge in [-0.3, -0.25) is 0 Å². The Kier molecular flexibility index (Phi) is 5.82. The Bertz CT molecular complexity index is 939. The number of nitrogens with zero attached hydrogens (tertiary/aromatic N) is 4. The van der Waals surface area contributed by atoms with Crippen LogP contribution in [0.1, 0.15) is 33.2 Å². The fraction of sp³-hybridized carbons (Fsp3) is 0.167. The number of carbonyl (C=O) groups is 2. The maximum absolute atomic E-state index is 11.7. The number of carboxylic acid groups (broad SMARTS) is 1. The number of thioether (sulfide) groups is 1. The average molecular weight is 384 g/mol. The van der Waals surface area contributed by atoms with E-state index in [1.165, 1.54) is 23.9 Å². The van der Waals surface area contributed by atoms with E-state index in [9.17, 15) is 9.59 Å². The summed E-state index contributed by atoms with van der Waals surface area (Å²) in [5.74, 6) is -0.721. The molecule has 0 atom stereocenters. The molecular weight excluding hydrogens is 368 g/mol. The second-order valence-electron chi connectivity index (χ2n) is 5.43. The van der Waals surface area contributed by atoms with E-state index in [0.717, 1.165) is 5.56 Å². The van der Waals surface area contributed by atoms with Crippen molar-refractivity contribution in [2.45, 2.75) is 17.8 Å². The first-order valence-corrected chi connectivity index (χ1v) is 9.08. The monoisotopic (exact) mass is 384 g/mol. The number of benzene rings is 2. The van der Waals surface area contributed by atoms with Gasteiger partial charge in [-0.05, 0) is 59.3 Å². The molecule has 0 aliphatic heterocycles. The van der Waals surface area contributed by atoms with Crippen molar-refractivity contribution in [1.29, 1.82) is 0 Å². The van der Waals surface area contributed by atoms with Gasteiger partial charge in [0.2, 0.25) is 5.16 Å². The molecule has 3 rings (SSSR count). The minimum atomic E-state index is -0.987. The number of aromatic nitrogens is 4. The number of tetrazole rings is 1. The Hall–Kier alpha value is -3.20. The van der Waals surface area contributed by atoms with Gasteiger partial charge in [-0.1, -0.05) is 23.9 Å². The van der Waals surface area contributed by atoms with E-state index in [0.29, 0.717) is 28.8 Å². The molecule has 9 heteroatoms. The van der Waals surface area contributed by atoms with E-state index in [1.54, 1.807) is 35.9 Å². The van der Waals surface area contributed by atoms with Crippen molar-refractivity contribution in [3.8, 4) is 5.69 Å². The van der Waals surface area contributed by atoms with E-state index >= 15 is 0 Å². The zero-order valence-electron chi connectivity index (χ0n) is 14.4. The van der Waals surface area contributed by atoms with Crippen molar-refractivity contribution in [3.05, 3.63) is 65.2 Å². The Morgan fingerprint density at radius 3 is 2.37 bits per heavy atom. The third kappa shape index (κ3) is 4.50. The minimum Gasteiger partial charge on any atom is -0.478 e. The van der Waals surface area contributed by atoms with Gasteiger partial charge in [0.25, 0.3) is 0 Å². The number of esters is 1. The SMILES string of the molecule is CCOC(=O)c1ccc(CSc2nnnn2-c2ccc(C(=O)O)cc2)cc1. The highest BCUT2D eigenvalue weighted by molar-refractivity contribution is 7.98. The summed E-state index contributed by atoms with van der Waals surface area (Å²) >= 11 is 1.43. The highest BCUT2D eigenvalue weighted by Crippen LogP contribution is 2.23. The predicted molar refractivity (Wildman–Crippen MR) is 98.1 cm³/mol. The molecule has 2 aromatic carbocycles. The lowest BCUT2D eigenvalue weighted by molar-refractivity contribution is 0.0526. The molecule has 3 aromatic rings. The Balaban J connectivity index is 1.68. The molecule has 0 saturated heterocycles. The molecular formula is C18H16N4O4S. The number of aromatic carboxylic acids is 1. The van der Waals surface area contributed by atoms with Gasteiger partial charge in [-0.25, -0.2) is 9.59 Å². The predicted octanol–water partition coefficient (Wildman–Crippen LogP) is 2.83. The molecule has 0 saturated carbocycles. The van der Waals surface area contributed by atoms with Crippen molar-refractivity contribution in [2.75, 3.05) is 6.61 Å². The van der Waals surface area contributed by atoms with Crippen LogP contribution in [0.4, 0.5) is 0 Å². The highest BCUT2D eigenvalue weighted by Gasteiger charge is 2.11. The number of carbonyl (C=O) groups excluding carboxylic acids is 1. The molecule has 27 heavy (non-hydrogen) atoms. The topological polar surface area (TPSA) is 107 Å². The fourth-order valence-electron chi connectivity index (χ4n) is 2.28. The van der Waals surface area contributed by atoms with Crippen LogP contribution in [0, 0.1) is 0 Å². The second-order valence-corrected chi connectivity index (χ2v) is 6.37. The van der Waals surface area contributed by atoms with E-state index < -0.39 is 5.97 Å². The first-order chi connectivity index (χ1) is 13.1. The first-order valence-electron chi connectivity index (χ1n) is 8.09. The van der Waals surface area contributed by atoms with E-state index in [-0.39, 0.29) is 11.5 Å². The van der Waals surface area contributed by atoms with Crippen molar-refractivity contribution in [2.24, 2.45) is 0 Å². The van der Waals surface area contributed by atoms with Crippen LogP contribution in [0.15, 0.2) is 53.7 Å². The van der Waals surface area contributed by atoms with Gasteiger partial charge in [-0.15, -0.1) is 5.10 Å². The lowest BCUT2D eigenvalue weighted by Gasteiger charge is -2.06. The van der Waals surface area contributed by atoms with E-state index in [4.69, 9.17) is 9.84 Å². The minimum absolute atomic E-state index is 0.197. The van der Waals surface area contributed by atoms with Gasteiger partial charge in [0.15, 0.2) is 0 Å². The van der Waals surface area contributed by atoms with Crippen LogP contribution >= 0.6 is 11.8 Å².